The van der Waals surface area contributed by atoms with Gasteiger partial charge in [0.25, 0.3) is 0 Å². The van der Waals surface area contributed by atoms with Gasteiger partial charge in [-0.25, -0.2) is 0 Å². The van der Waals surface area contributed by atoms with Crippen LogP contribution >= 0.6 is 39.3 Å². The van der Waals surface area contributed by atoms with Crippen molar-refractivity contribution in [1.29, 1.82) is 5.26 Å². The van der Waals surface area contributed by atoms with Crippen LogP contribution in [0.15, 0.2) is 27.6 Å². The van der Waals surface area contributed by atoms with Gasteiger partial charge in [-0.2, -0.15) is 5.26 Å². The summed E-state index contributed by atoms with van der Waals surface area (Å²) in [6.07, 6.45) is 0. The van der Waals surface area contributed by atoms with Gasteiger partial charge in [0.05, 0.1) is 5.56 Å². The largest absolute Gasteiger partial charge is 0.192 e. The Labute approximate surface area is 95.2 Å². The molecule has 1 rings (SSSR count). The minimum absolute atomic E-state index is 0.599. The van der Waals surface area contributed by atoms with Crippen LogP contribution < -0.4 is 0 Å². The lowest BCUT2D eigenvalue weighted by Gasteiger charge is -2.02. The molecule has 0 aliphatic rings. The Hall–Kier alpha value is -0.170. The van der Waals surface area contributed by atoms with Crippen LogP contribution in [-0.2, 0) is 0 Å². The molecule has 0 N–H and O–H groups in total. The third kappa shape index (κ3) is 2.91. The summed E-state index contributed by atoms with van der Waals surface area (Å²) in [5.74, 6) is 1.43. The van der Waals surface area contributed by atoms with Crippen molar-refractivity contribution in [3.05, 3.63) is 28.2 Å². The fourth-order valence-corrected chi connectivity index (χ4v) is 2.47. The fraction of sp³-hybridized carbons (Fsp3) is 0.222. The molecule has 0 saturated heterocycles. The van der Waals surface area contributed by atoms with Gasteiger partial charge in [0, 0.05) is 21.0 Å². The second-order valence-electron chi connectivity index (χ2n) is 2.26. The first-order chi connectivity index (χ1) is 6.29. The maximum Gasteiger partial charge on any atom is 0.101 e. The molecule has 0 heterocycles. The van der Waals surface area contributed by atoms with E-state index in [0.29, 0.717) is 11.4 Å². The van der Waals surface area contributed by atoms with Crippen LogP contribution in [-0.4, -0.2) is 11.6 Å². The van der Waals surface area contributed by atoms with Crippen LogP contribution in [0.25, 0.3) is 0 Å². The van der Waals surface area contributed by atoms with Gasteiger partial charge in [0.2, 0.25) is 0 Å². The van der Waals surface area contributed by atoms with Crippen LogP contribution in [0, 0.1) is 11.3 Å². The molecule has 0 amide bonds. The third-order valence-electron chi connectivity index (χ3n) is 1.42. The highest BCUT2D eigenvalue weighted by Crippen LogP contribution is 2.27. The molecule has 0 spiro atoms. The average molecular weight is 277 g/mol. The molecule has 0 unspecified atom stereocenters. The number of halogens is 2. The molecule has 0 bridgehead atoms. The monoisotopic (exact) mass is 275 g/mol. The highest BCUT2D eigenvalue weighted by atomic mass is 79.9. The molecule has 0 aliphatic heterocycles. The van der Waals surface area contributed by atoms with Gasteiger partial charge in [-0.1, -0.05) is 6.07 Å². The normalized spacial score (nSPS) is 9.62. The number of benzene rings is 1. The van der Waals surface area contributed by atoms with Crippen LogP contribution in [0.5, 0.6) is 0 Å². The minimum Gasteiger partial charge on any atom is -0.192 e. The summed E-state index contributed by atoms with van der Waals surface area (Å²) in [5.41, 5.74) is 0.692. The highest BCUT2D eigenvalue weighted by molar-refractivity contribution is 9.10. The molecule has 0 aliphatic carbocycles. The molecule has 0 aromatic heterocycles. The van der Waals surface area contributed by atoms with E-state index in [4.69, 9.17) is 16.9 Å². The van der Waals surface area contributed by atoms with Gasteiger partial charge >= 0.3 is 0 Å². The third-order valence-corrected chi connectivity index (χ3v) is 3.56. The number of rotatable bonds is 3. The summed E-state index contributed by atoms with van der Waals surface area (Å²) in [6.45, 7) is 0. The van der Waals surface area contributed by atoms with E-state index in [-0.39, 0.29) is 0 Å². The van der Waals surface area contributed by atoms with Crippen LogP contribution in [0.4, 0.5) is 0 Å². The SMILES string of the molecule is N#Cc1c(Br)cccc1SCCCl. The molecular formula is C9H7BrClNS. The molecule has 13 heavy (non-hydrogen) atoms. The smallest absolute Gasteiger partial charge is 0.101 e. The van der Waals surface area contributed by atoms with Crippen molar-refractivity contribution < 1.29 is 0 Å². The van der Waals surface area contributed by atoms with Gasteiger partial charge in [0.1, 0.15) is 6.07 Å². The summed E-state index contributed by atoms with van der Waals surface area (Å²) in [4.78, 5) is 0.984. The van der Waals surface area contributed by atoms with E-state index >= 15 is 0 Å². The van der Waals surface area contributed by atoms with E-state index in [1.54, 1.807) is 11.8 Å². The van der Waals surface area contributed by atoms with E-state index in [9.17, 15) is 0 Å². The standard InChI is InChI=1S/C9H7BrClNS/c10-8-2-1-3-9(7(8)6-12)13-5-4-11/h1-3H,4-5H2. The van der Waals surface area contributed by atoms with Gasteiger partial charge in [-0.05, 0) is 28.1 Å². The van der Waals surface area contributed by atoms with Crippen molar-refractivity contribution in [1.82, 2.24) is 0 Å². The van der Waals surface area contributed by atoms with Gasteiger partial charge in [-0.15, -0.1) is 23.4 Å². The predicted molar refractivity (Wildman–Crippen MR) is 60.3 cm³/mol. The number of thioether (sulfide) groups is 1. The molecule has 0 radical (unpaired) electrons. The molecule has 0 saturated carbocycles. The van der Waals surface area contributed by atoms with Crippen LogP contribution in [0.3, 0.4) is 0 Å². The lowest BCUT2D eigenvalue weighted by Crippen LogP contribution is -1.85. The number of hydrogen-bond donors (Lipinski definition) is 0. The number of hydrogen-bond acceptors (Lipinski definition) is 2. The lowest BCUT2D eigenvalue weighted by atomic mass is 10.2. The molecular weight excluding hydrogens is 270 g/mol. The van der Waals surface area contributed by atoms with Crippen molar-refractivity contribution >= 4 is 39.3 Å². The number of alkyl halides is 1. The van der Waals surface area contributed by atoms with Crippen LogP contribution in [0.2, 0.25) is 0 Å². The van der Waals surface area contributed by atoms with E-state index < -0.39 is 0 Å². The first-order valence-electron chi connectivity index (χ1n) is 3.67. The molecule has 1 aromatic rings. The summed E-state index contributed by atoms with van der Waals surface area (Å²) in [6, 6.07) is 7.88. The zero-order valence-electron chi connectivity index (χ0n) is 6.76. The Balaban J connectivity index is 2.93. The highest BCUT2D eigenvalue weighted by Gasteiger charge is 2.05. The molecule has 68 valence electrons. The predicted octanol–water partition coefficient (Wildman–Crippen LogP) is 3.65. The van der Waals surface area contributed by atoms with Crippen LogP contribution in [0.1, 0.15) is 5.56 Å². The Morgan fingerprint density at radius 1 is 1.54 bits per heavy atom. The Kier molecular flexibility index (Phi) is 4.65. The van der Waals surface area contributed by atoms with Gasteiger partial charge in [0.15, 0.2) is 0 Å². The van der Waals surface area contributed by atoms with Crippen molar-refractivity contribution in [3.8, 4) is 6.07 Å². The summed E-state index contributed by atoms with van der Waals surface area (Å²) >= 11 is 10.5. The Morgan fingerprint density at radius 2 is 2.31 bits per heavy atom. The first kappa shape index (κ1) is 10.9. The van der Waals surface area contributed by atoms with E-state index in [0.717, 1.165) is 15.1 Å². The molecule has 1 nitrogen and oxygen atoms in total. The maximum absolute atomic E-state index is 8.87. The van der Waals surface area contributed by atoms with Crippen molar-refractivity contribution in [2.24, 2.45) is 0 Å². The van der Waals surface area contributed by atoms with E-state index in [1.165, 1.54) is 0 Å². The maximum atomic E-state index is 8.87. The lowest BCUT2D eigenvalue weighted by molar-refractivity contribution is 1.34. The summed E-state index contributed by atoms with van der Waals surface area (Å²) in [7, 11) is 0. The van der Waals surface area contributed by atoms with Crippen molar-refractivity contribution in [2.75, 3.05) is 11.6 Å². The summed E-state index contributed by atoms with van der Waals surface area (Å²) in [5, 5.41) is 8.87. The van der Waals surface area contributed by atoms with Crippen molar-refractivity contribution in [2.45, 2.75) is 4.90 Å². The van der Waals surface area contributed by atoms with Gasteiger partial charge < -0.3 is 0 Å². The second-order valence-corrected chi connectivity index (χ2v) is 4.63. The van der Waals surface area contributed by atoms with E-state index in [1.807, 2.05) is 18.2 Å². The number of nitriles is 1. The number of nitrogens with zero attached hydrogens (tertiary/aromatic N) is 1. The zero-order valence-corrected chi connectivity index (χ0v) is 9.92. The Bertz CT molecular complexity index is 335. The zero-order chi connectivity index (χ0) is 9.68. The topological polar surface area (TPSA) is 23.8 Å². The minimum atomic E-state index is 0.599. The van der Waals surface area contributed by atoms with Crippen molar-refractivity contribution in [3.63, 3.8) is 0 Å². The molecule has 1 aromatic carbocycles. The quantitative estimate of drug-likeness (QED) is 0.621. The first-order valence-corrected chi connectivity index (χ1v) is 5.98. The molecule has 0 fully saturated rings. The fourth-order valence-electron chi connectivity index (χ4n) is 0.882. The Morgan fingerprint density at radius 3 is 2.92 bits per heavy atom. The average Bonchev–Trinajstić information content (AvgIpc) is 2.15. The summed E-state index contributed by atoms with van der Waals surface area (Å²) < 4.78 is 0.842. The van der Waals surface area contributed by atoms with Gasteiger partial charge in [-0.3, -0.25) is 0 Å². The van der Waals surface area contributed by atoms with E-state index in [2.05, 4.69) is 22.0 Å². The molecule has 4 heteroatoms. The molecule has 0 atom stereocenters. The second kappa shape index (κ2) is 5.54.